The van der Waals surface area contributed by atoms with Gasteiger partial charge in [-0.3, -0.25) is 0 Å². The Morgan fingerprint density at radius 2 is 1.60 bits per heavy atom. The Bertz CT molecular complexity index is 580. The second kappa shape index (κ2) is 5.35. The molecule has 1 aliphatic heterocycles. The van der Waals surface area contributed by atoms with Crippen molar-refractivity contribution in [3.8, 4) is 0 Å². The fraction of sp³-hybridized carbons (Fsp3) is 0.571. The predicted molar refractivity (Wildman–Crippen MR) is 79.1 cm³/mol. The number of nitrogens with zero attached hydrogens (tertiary/aromatic N) is 1. The van der Waals surface area contributed by atoms with E-state index in [2.05, 4.69) is 0 Å². The zero-order valence-corrected chi connectivity index (χ0v) is 13.2. The van der Waals surface area contributed by atoms with Crippen molar-refractivity contribution in [2.24, 2.45) is 0 Å². The Labute approximate surface area is 120 Å². The summed E-state index contributed by atoms with van der Waals surface area (Å²) in [5.41, 5.74) is 7.73. The number of hydrogen-bond donors (Lipinski definition) is 1. The average molecular weight is 298 g/mol. The van der Waals surface area contributed by atoms with E-state index in [1.807, 2.05) is 13.8 Å². The van der Waals surface area contributed by atoms with Gasteiger partial charge in [-0.1, -0.05) is 0 Å². The van der Waals surface area contributed by atoms with Crippen LogP contribution in [-0.4, -0.2) is 38.0 Å². The van der Waals surface area contributed by atoms with Gasteiger partial charge in [0.1, 0.15) is 0 Å². The first-order valence-electron chi connectivity index (χ1n) is 6.74. The summed E-state index contributed by atoms with van der Waals surface area (Å²) in [5, 5.41) is 0. The van der Waals surface area contributed by atoms with Gasteiger partial charge in [-0.2, -0.15) is 4.31 Å². The van der Waals surface area contributed by atoms with E-state index in [4.69, 9.17) is 10.5 Å². The second-order valence-electron chi connectivity index (χ2n) is 5.56. The van der Waals surface area contributed by atoms with Gasteiger partial charge in [-0.05, 0) is 51.0 Å². The Kier molecular flexibility index (Phi) is 4.09. The molecule has 20 heavy (non-hydrogen) atoms. The maximum Gasteiger partial charge on any atom is 0.243 e. The molecule has 0 aromatic heterocycles. The minimum absolute atomic E-state index is 0.0945. The van der Waals surface area contributed by atoms with Crippen LogP contribution in [0.5, 0.6) is 0 Å². The molecule has 1 heterocycles. The monoisotopic (exact) mass is 298 g/mol. The Morgan fingerprint density at radius 1 is 1.15 bits per heavy atom. The van der Waals surface area contributed by atoms with E-state index in [9.17, 15) is 8.42 Å². The molecule has 1 aliphatic rings. The summed E-state index contributed by atoms with van der Waals surface area (Å²) in [6.07, 6.45) is -0.189. The van der Waals surface area contributed by atoms with Crippen LogP contribution < -0.4 is 5.73 Å². The van der Waals surface area contributed by atoms with Crippen LogP contribution in [0.2, 0.25) is 0 Å². The van der Waals surface area contributed by atoms with Crippen LogP contribution in [0.3, 0.4) is 0 Å². The Hall–Kier alpha value is -1.11. The molecule has 112 valence electrons. The molecule has 0 amide bonds. The van der Waals surface area contributed by atoms with Crippen LogP contribution in [0.15, 0.2) is 17.0 Å². The highest BCUT2D eigenvalue weighted by Crippen LogP contribution is 2.28. The maximum atomic E-state index is 12.9. The lowest BCUT2D eigenvalue weighted by atomic mass is 10.1. The standard InChI is InChI=1S/C14H22N2O3S/c1-9-5-13(15)6-10(2)14(9)20(17,18)16-7-11(3)19-12(4)8-16/h5-6,11-12H,7-8,15H2,1-4H3/t11-,12+. The van der Waals surface area contributed by atoms with Crippen molar-refractivity contribution in [3.05, 3.63) is 23.3 Å². The zero-order chi connectivity index (χ0) is 15.1. The molecule has 1 saturated heterocycles. The lowest BCUT2D eigenvalue weighted by molar-refractivity contribution is -0.0441. The average Bonchev–Trinajstić information content (AvgIpc) is 2.25. The van der Waals surface area contributed by atoms with Crippen molar-refractivity contribution >= 4 is 15.7 Å². The molecule has 1 fully saturated rings. The van der Waals surface area contributed by atoms with Crippen LogP contribution in [0.25, 0.3) is 0 Å². The van der Waals surface area contributed by atoms with Crippen molar-refractivity contribution in [3.63, 3.8) is 0 Å². The lowest BCUT2D eigenvalue weighted by Gasteiger charge is -2.35. The van der Waals surface area contributed by atoms with Crippen LogP contribution >= 0.6 is 0 Å². The minimum Gasteiger partial charge on any atom is -0.399 e. The molecule has 0 saturated carbocycles. The van der Waals surface area contributed by atoms with Crippen molar-refractivity contribution < 1.29 is 13.2 Å². The summed E-state index contributed by atoms with van der Waals surface area (Å²) in [4.78, 5) is 0.369. The van der Waals surface area contributed by atoms with Gasteiger partial charge in [0.2, 0.25) is 10.0 Å². The van der Waals surface area contributed by atoms with Crippen molar-refractivity contribution in [1.29, 1.82) is 0 Å². The highest BCUT2D eigenvalue weighted by Gasteiger charge is 2.33. The second-order valence-corrected chi connectivity index (χ2v) is 7.44. The lowest BCUT2D eigenvalue weighted by Crippen LogP contribution is -2.48. The first-order valence-corrected chi connectivity index (χ1v) is 8.18. The maximum absolute atomic E-state index is 12.9. The number of nitrogen functional groups attached to an aromatic ring is 1. The van der Waals surface area contributed by atoms with Gasteiger partial charge < -0.3 is 10.5 Å². The van der Waals surface area contributed by atoms with E-state index < -0.39 is 10.0 Å². The van der Waals surface area contributed by atoms with Crippen molar-refractivity contribution in [2.75, 3.05) is 18.8 Å². The number of rotatable bonds is 2. The summed E-state index contributed by atoms with van der Waals surface area (Å²) in [5.74, 6) is 0. The van der Waals surface area contributed by atoms with Crippen molar-refractivity contribution in [1.82, 2.24) is 4.31 Å². The summed E-state index contributed by atoms with van der Waals surface area (Å²) in [7, 11) is -3.51. The molecule has 6 heteroatoms. The van der Waals surface area contributed by atoms with E-state index in [1.54, 1.807) is 26.0 Å². The Balaban J connectivity index is 2.45. The van der Waals surface area contributed by atoms with E-state index in [-0.39, 0.29) is 12.2 Å². The number of hydrogen-bond acceptors (Lipinski definition) is 4. The van der Waals surface area contributed by atoms with E-state index in [0.29, 0.717) is 34.8 Å². The van der Waals surface area contributed by atoms with Crippen LogP contribution in [0.4, 0.5) is 5.69 Å². The van der Waals surface area contributed by atoms with Gasteiger partial charge in [0, 0.05) is 18.8 Å². The van der Waals surface area contributed by atoms with Crippen LogP contribution in [0.1, 0.15) is 25.0 Å². The van der Waals surface area contributed by atoms with Gasteiger partial charge in [0.15, 0.2) is 0 Å². The first kappa shape index (κ1) is 15.3. The summed E-state index contributed by atoms with van der Waals surface area (Å²) < 4.78 is 32.8. The van der Waals surface area contributed by atoms with Gasteiger partial charge >= 0.3 is 0 Å². The third-order valence-electron chi connectivity index (χ3n) is 3.47. The van der Waals surface area contributed by atoms with E-state index >= 15 is 0 Å². The van der Waals surface area contributed by atoms with Gasteiger partial charge in [0.05, 0.1) is 17.1 Å². The van der Waals surface area contributed by atoms with Crippen molar-refractivity contribution in [2.45, 2.75) is 44.8 Å². The summed E-state index contributed by atoms with van der Waals surface area (Å²) in [6.45, 7) is 8.11. The molecule has 0 aliphatic carbocycles. The molecular formula is C14H22N2O3S. The normalized spacial score (nSPS) is 24.8. The number of morpholine rings is 1. The number of nitrogens with two attached hydrogens (primary N) is 1. The summed E-state index contributed by atoms with van der Waals surface area (Å²) >= 11 is 0. The fourth-order valence-electron chi connectivity index (χ4n) is 2.85. The largest absolute Gasteiger partial charge is 0.399 e. The van der Waals surface area contributed by atoms with Crippen LogP contribution in [0, 0.1) is 13.8 Å². The molecule has 1 aromatic carbocycles. The minimum atomic E-state index is -3.51. The SMILES string of the molecule is Cc1cc(N)cc(C)c1S(=O)(=O)N1C[C@@H](C)O[C@@H](C)C1. The predicted octanol–water partition coefficient (Wildman–Crippen LogP) is 1.68. The van der Waals surface area contributed by atoms with Gasteiger partial charge in [0.25, 0.3) is 0 Å². The number of benzene rings is 1. The molecule has 1 aromatic rings. The highest BCUT2D eigenvalue weighted by molar-refractivity contribution is 7.89. The topological polar surface area (TPSA) is 72.6 Å². The molecule has 5 nitrogen and oxygen atoms in total. The molecule has 0 spiro atoms. The molecule has 2 rings (SSSR count). The van der Waals surface area contributed by atoms with Crippen LogP contribution in [-0.2, 0) is 14.8 Å². The molecule has 0 radical (unpaired) electrons. The van der Waals surface area contributed by atoms with E-state index in [0.717, 1.165) is 0 Å². The third kappa shape index (κ3) is 2.82. The van der Waals surface area contributed by atoms with E-state index in [1.165, 1.54) is 4.31 Å². The quantitative estimate of drug-likeness (QED) is 0.843. The number of aryl methyl sites for hydroxylation is 2. The number of anilines is 1. The smallest absolute Gasteiger partial charge is 0.243 e. The molecule has 0 bridgehead atoms. The number of ether oxygens (including phenoxy) is 1. The first-order chi connectivity index (χ1) is 9.21. The molecule has 2 N–H and O–H groups in total. The summed E-state index contributed by atoms with van der Waals surface area (Å²) in [6, 6.07) is 3.40. The van der Waals surface area contributed by atoms with Gasteiger partial charge in [-0.15, -0.1) is 0 Å². The number of sulfonamides is 1. The van der Waals surface area contributed by atoms with Gasteiger partial charge in [-0.25, -0.2) is 8.42 Å². The molecule has 0 unspecified atom stereocenters. The highest BCUT2D eigenvalue weighted by atomic mass is 32.2. The third-order valence-corrected chi connectivity index (χ3v) is 5.60. The molecular weight excluding hydrogens is 276 g/mol. The Morgan fingerprint density at radius 3 is 2.05 bits per heavy atom. The zero-order valence-electron chi connectivity index (χ0n) is 12.4. The fourth-order valence-corrected chi connectivity index (χ4v) is 4.85. The molecule has 2 atom stereocenters.